The third-order valence-electron chi connectivity index (χ3n) is 1.50. The molecule has 0 fully saturated rings. The van der Waals surface area contributed by atoms with Crippen molar-refractivity contribution in [3.05, 3.63) is 23.5 Å². The molecule has 0 saturated carbocycles. The first kappa shape index (κ1) is 10.3. The van der Waals surface area contributed by atoms with Crippen LogP contribution in [0.4, 0.5) is 18.9 Å². The Morgan fingerprint density at radius 1 is 1.50 bits per heavy atom. The average Bonchev–Trinajstić information content (AvgIpc) is 2.01. The standard InChI is InChI=1S/C7H5F3N2O2/c8-7(9,10)3-1-2-12-5(4(3)11)6(13)14/h1-2H,11H2,(H,13,14). The molecule has 1 heterocycles. The molecule has 0 aromatic carbocycles. The molecule has 0 aliphatic rings. The molecule has 0 unspecified atom stereocenters. The van der Waals surface area contributed by atoms with Gasteiger partial charge in [-0.15, -0.1) is 0 Å². The summed E-state index contributed by atoms with van der Waals surface area (Å²) in [5, 5.41) is 8.45. The normalized spacial score (nSPS) is 11.4. The van der Waals surface area contributed by atoms with E-state index in [2.05, 4.69) is 4.98 Å². The molecule has 0 amide bonds. The number of nitrogens with two attached hydrogens (primary N) is 1. The highest BCUT2D eigenvalue weighted by atomic mass is 19.4. The van der Waals surface area contributed by atoms with Crippen LogP contribution in [0.3, 0.4) is 0 Å². The summed E-state index contributed by atoms with van der Waals surface area (Å²) in [4.78, 5) is 13.6. The molecule has 76 valence electrons. The summed E-state index contributed by atoms with van der Waals surface area (Å²) in [5.41, 5.74) is 2.16. The highest BCUT2D eigenvalue weighted by Gasteiger charge is 2.34. The third-order valence-corrected chi connectivity index (χ3v) is 1.50. The van der Waals surface area contributed by atoms with Crippen LogP contribution in [0.2, 0.25) is 0 Å². The first-order valence-electron chi connectivity index (χ1n) is 3.39. The lowest BCUT2D eigenvalue weighted by Crippen LogP contribution is -2.14. The summed E-state index contributed by atoms with van der Waals surface area (Å²) in [6, 6.07) is 0.627. The molecule has 0 atom stereocenters. The quantitative estimate of drug-likeness (QED) is 0.727. The van der Waals surface area contributed by atoms with E-state index in [0.29, 0.717) is 6.07 Å². The molecule has 1 aromatic rings. The number of anilines is 1. The van der Waals surface area contributed by atoms with Crippen LogP contribution in [0.15, 0.2) is 12.3 Å². The molecule has 0 radical (unpaired) electrons. The molecule has 1 aromatic heterocycles. The Balaban J connectivity index is 3.35. The molecule has 14 heavy (non-hydrogen) atoms. The highest BCUT2D eigenvalue weighted by Crippen LogP contribution is 2.33. The number of alkyl halides is 3. The van der Waals surface area contributed by atoms with Crippen molar-refractivity contribution in [1.82, 2.24) is 4.98 Å². The number of rotatable bonds is 1. The first-order chi connectivity index (χ1) is 6.34. The number of pyridine rings is 1. The number of nitrogens with zero attached hydrogens (tertiary/aromatic N) is 1. The van der Waals surface area contributed by atoms with E-state index in [4.69, 9.17) is 10.8 Å². The molecule has 0 saturated heterocycles. The Morgan fingerprint density at radius 2 is 2.07 bits per heavy atom. The second-order valence-electron chi connectivity index (χ2n) is 2.42. The molecular formula is C7H5F3N2O2. The smallest absolute Gasteiger partial charge is 0.418 e. The fourth-order valence-corrected chi connectivity index (χ4v) is 0.891. The van der Waals surface area contributed by atoms with Gasteiger partial charge in [0.25, 0.3) is 0 Å². The zero-order chi connectivity index (χ0) is 10.9. The summed E-state index contributed by atoms with van der Waals surface area (Å²) in [7, 11) is 0. The maximum atomic E-state index is 12.2. The van der Waals surface area contributed by atoms with E-state index < -0.39 is 29.1 Å². The van der Waals surface area contributed by atoms with Gasteiger partial charge in [-0.2, -0.15) is 13.2 Å². The van der Waals surface area contributed by atoms with Crippen molar-refractivity contribution in [2.24, 2.45) is 0 Å². The van der Waals surface area contributed by atoms with E-state index in [1.54, 1.807) is 0 Å². The van der Waals surface area contributed by atoms with Gasteiger partial charge in [-0.3, -0.25) is 0 Å². The Hall–Kier alpha value is -1.79. The van der Waals surface area contributed by atoms with Gasteiger partial charge in [0.1, 0.15) is 0 Å². The second-order valence-corrected chi connectivity index (χ2v) is 2.42. The number of hydrogen-bond donors (Lipinski definition) is 2. The number of halogens is 3. The van der Waals surface area contributed by atoms with E-state index in [1.807, 2.05) is 0 Å². The number of hydrogen-bond acceptors (Lipinski definition) is 3. The maximum Gasteiger partial charge on any atom is 0.418 e. The van der Waals surface area contributed by atoms with Crippen molar-refractivity contribution < 1.29 is 23.1 Å². The van der Waals surface area contributed by atoms with E-state index in [-0.39, 0.29) is 0 Å². The van der Waals surface area contributed by atoms with Gasteiger partial charge in [0.15, 0.2) is 5.69 Å². The number of carbonyl (C=O) groups is 1. The van der Waals surface area contributed by atoms with Gasteiger partial charge in [0, 0.05) is 6.20 Å². The van der Waals surface area contributed by atoms with E-state index in [0.717, 1.165) is 6.20 Å². The summed E-state index contributed by atoms with van der Waals surface area (Å²) in [5.74, 6) is -1.59. The lowest BCUT2D eigenvalue weighted by molar-refractivity contribution is -0.137. The maximum absolute atomic E-state index is 12.2. The Labute approximate surface area is 76.2 Å². The minimum Gasteiger partial charge on any atom is -0.476 e. The van der Waals surface area contributed by atoms with Crippen LogP contribution in [0.25, 0.3) is 0 Å². The van der Waals surface area contributed by atoms with Gasteiger partial charge in [-0.1, -0.05) is 0 Å². The van der Waals surface area contributed by atoms with Gasteiger partial charge < -0.3 is 10.8 Å². The van der Waals surface area contributed by atoms with Crippen molar-refractivity contribution in [3.8, 4) is 0 Å². The lowest BCUT2D eigenvalue weighted by atomic mass is 10.1. The van der Waals surface area contributed by atoms with Crippen LogP contribution in [-0.4, -0.2) is 16.1 Å². The average molecular weight is 206 g/mol. The minimum absolute atomic E-state index is 0.627. The molecule has 3 N–H and O–H groups in total. The first-order valence-corrected chi connectivity index (χ1v) is 3.39. The number of aromatic nitrogens is 1. The van der Waals surface area contributed by atoms with Crippen molar-refractivity contribution in [3.63, 3.8) is 0 Å². The monoisotopic (exact) mass is 206 g/mol. The fourth-order valence-electron chi connectivity index (χ4n) is 0.891. The molecule has 1 rings (SSSR count). The third kappa shape index (κ3) is 1.76. The minimum atomic E-state index is -4.67. The molecular weight excluding hydrogens is 201 g/mol. The van der Waals surface area contributed by atoms with Crippen LogP contribution in [0, 0.1) is 0 Å². The van der Waals surface area contributed by atoms with E-state index in [1.165, 1.54) is 0 Å². The van der Waals surface area contributed by atoms with Gasteiger partial charge in [-0.25, -0.2) is 9.78 Å². The Morgan fingerprint density at radius 3 is 2.50 bits per heavy atom. The van der Waals surface area contributed by atoms with Gasteiger partial charge in [-0.05, 0) is 6.07 Å². The van der Waals surface area contributed by atoms with Crippen molar-refractivity contribution >= 4 is 11.7 Å². The van der Waals surface area contributed by atoms with Gasteiger partial charge >= 0.3 is 12.1 Å². The summed E-state index contributed by atoms with van der Waals surface area (Å²) in [6.07, 6.45) is -3.92. The predicted molar refractivity (Wildman–Crippen MR) is 40.6 cm³/mol. The summed E-state index contributed by atoms with van der Waals surface area (Å²) in [6.45, 7) is 0. The van der Waals surface area contributed by atoms with Crippen LogP contribution in [-0.2, 0) is 6.18 Å². The summed E-state index contributed by atoms with van der Waals surface area (Å²) < 4.78 is 36.6. The van der Waals surface area contributed by atoms with E-state index >= 15 is 0 Å². The van der Waals surface area contributed by atoms with E-state index in [9.17, 15) is 18.0 Å². The van der Waals surface area contributed by atoms with Crippen LogP contribution in [0.1, 0.15) is 16.1 Å². The largest absolute Gasteiger partial charge is 0.476 e. The zero-order valence-corrected chi connectivity index (χ0v) is 6.67. The second kappa shape index (κ2) is 3.17. The lowest BCUT2D eigenvalue weighted by Gasteiger charge is -2.10. The zero-order valence-electron chi connectivity index (χ0n) is 6.67. The number of carboxylic acids is 1. The molecule has 0 aliphatic heterocycles. The Kier molecular flexibility index (Phi) is 2.33. The van der Waals surface area contributed by atoms with Crippen LogP contribution in [0.5, 0.6) is 0 Å². The molecule has 0 bridgehead atoms. The Bertz CT molecular complexity index is 376. The van der Waals surface area contributed by atoms with Crippen molar-refractivity contribution in [1.29, 1.82) is 0 Å². The summed E-state index contributed by atoms with van der Waals surface area (Å²) >= 11 is 0. The number of aromatic carboxylic acids is 1. The topological polar surface area (TPSA) is 76.2 Å². The van der Waals surface area contributed by atoms with Crippen molar-refractivity contribution in [2.75, 3.05) is 5.73 Å². The highest BCUT2D eigenvalue weighted by molar-refractivity contribution is 5.92. The predicted octanol–water partition coefficient (Wildman–Crippen LogP) is 1.38. The van der Waals surface area contributed by atoms with Crippen LogP contribution < -0.4 is 5.73 Å². The SMILES string of the molecule is Nc1c(C(F)(F)F)ccnc1C(=O)O. The van der Waals surface area contributed by atoms with Gasteiger partial charge in [0.05, 0.1) is 11.3 Å². The fraction of sp³-hybridized carbons (Fsp3) is 0.143. The number of nitrogen functional groups attached to an aromatic ring is 1. The van der Waals surface area contributed by atoms with Crippen molar-refractivity contribution in [2.45, 2.75) is 6.18 Å². The molecule has 7 heteroatoms. The van der Waals surface area contributed by atoms with Gasteiger partial charge in [0.2, 0.25) is 0 Å². The molecule has 0 spiro atoms. The number of carboxylic acid groups (broad SMARTS) is 1. The van der Waals surface area contributed by atoms with Crippen LogP contribution >= 0.6 is 0 Å². The molecule has 0 aliphatic carbocycles. The molecule has 4 nitrogen and oxygen atoms in total.